The Balaban J connectivity index is 2.29. The number of esters is 1. The summed E-state index contributed by atoms with van der Waals surface area (Å²) < 4.78 is 6.96. The quantitative estimate of drug-likeness (QED) is 0.748. The Labute approximate surface area is 108 Å². The van der Waals surface area contributed by atoms with E-state index in [1.165, 1.54) is 0 Å². The molecule has 0 aliphatic heterocycles. The van der Waals surface area contributed by atoms with Crippen LogP contribution in [0.15, 0.2) is 0 Å². The van der Waals surface area contributed by atoms with Crippen LogP contribution in [0.2, 0.25) is 0 Å². The second-order valence-corrected chi connectivity index (χ2v) is 4.88. The summed E-state index contributed by atoms with van der Waals surface area (Å²) >= 11 is 0. The van der Waals surface area contributed by atoms with Gasteiger partial charge in [-0.15, -0.1) is 0 Å². The van der Waals surface area contributed by atoms with Crippen LogP contribution in [0.4, 0.5) is 0 Å². The Morgan fingerprint density at radius 2 is 2.17 bits per heavy atom. The summed E-state index contributed by atoms with van der Waals surface area (Å²) in [5, 5.41) is 4.39. The van der Waals surface area contributed by atoms with E-state index in [9.17, 15) is 4.79 Å². The van der Waals surface area contributed by atoms with Crippen molar-refractivity contribution in [2.75, 3.05) is 6.61 Å². The smallest absolute Gasteiger partial charge is 0.319 e. The molecule has 5 nitrogen and oxygen atoms in total. The van der Waals surface area contributed by atoms with Gasteiger partial charge in [0.05, 0.1) is 6.61 Å². The molecule has 1 heterocycles. The second-order valence-electron chi connectivity index (χ2n) is 4.88. The molecule has 0 spiro atoms. The van der Waals surface area contributed by atoms with Crippen molar-refractivity contribution in [3.8, 4) is 0 Å². The molecule has 0 saturated heterocycles. The van der Waals surface area contributed by atoms with E-state index in [1.807, 2.05) is 14.0 Å². The van der Waals surface area contributed by atoms with Crippen molar-refractivity contribution in [1.29, 1.82) is 0 Å². The summed E-state index contributed by atoms with van der Waals surface area (Å²) in [5.74, 6) is 1.45. The van der Waals surface area contributed by atoms with Crippen molar-refractivity contribution in [2.45, 2.75) is 51.4 Å². The third-order valence-corrected chi connectivity index (χ3v) is 3.58. The molecule has 18 heavy (non-hydrogen) atoms. The van der Waals surface area contributed by atoms with Crippen LogP contribution >= 0.6 is 0 Å². The molecule has 1 fully saturated rings. The first kappa shape index (κ1) is 13.1. The van der Waals surface area contributed by atoms with E-state index < -0.39 is 5.41 Å². The van der Waals surface area contributed by atoms with Gasteiger partial charge in [-0.1, -0.05) is 13.3 Å². The summed E-state index contributed by atoms with van der Waals surface area (Å²) in [6.45, 7) is 4.35. The van der Waals surface area contributed by atoms with E-state index in [-0.39, 0.29) is 5.97 Å². The van der Waals surface area contributed by atoms with Gasteiger partial charge in [-0.3, -0.25) is 9.48 Å². The molecule has 0 bridgehead atoms. The fraction of sp³-hybridized carbons (Fsp3) is 0.769. The van der Waals surface area contributed by atoms with Gasteiger partial charge in [0.1, 0.15) is 11.2 Å². The number of nitrogens with zero attached hydrogens (tertiary/aromatic N) is 3. The molecule has 0 unspecified atom stereocenters. The summed E-state index contributed by atoms with van der Waals surface area (Å²) in [7, 11) is 1.86. The van der Waals surface area contributed by atoms with Crippen LogP contribution in [0.25, 0.3) is 0 Å². The van der Waals surface area contributed by atoms with E-state index in [4.69, 9.17) is 4.74 Å². The highest BCUT2D eigenvalue weighted by atomic mass is 16.5. The molecule has 0 amide bonds. The van der Waals surface area contributed by atoms with Crippen molar-refractivity contribution in [2.24, 2.45) is 7.05 Å². The highest BCUT2D eigenvalue weighted by molar-refractivity contribution is 5.83. The Bertz CT molecular complexity index is 435. The van der Waals surface area contributed by atoms with Gasteiger partial charge in [0.2, 0.25) is 0 Å². The molecular weight excluding hydrogens is 230 g/mol. The van der Waals surface area contributed by atoms with Crippen LogP contribution in [-0.2, 0) is 28.4 Å². The molecule has 0 N–H and O–H groups in total. The van der Waals surface area contributed by atoms with Crippen molar-refractivity contribution in [1.82, 2.24) is 14.8 Å². The molecule has 0 radical (unpaired) electrons. The zero-order valence-corrected chi connectivity index (χ0v) is 11.4. The molecule has 1 aliphatic carbocycles. The van der Waals surface area contributed by atoms with Crippen LogP contribution in [0, 0.1) is 0 Å². The van der Waals surface area contributed by atoms with Crippen molar-refractivity contribution >= 4 is 5.97 Å². The molecule has 2 rings (SSSR count). The molecule has 0 atom stereocenters. The first-order valence-corrected chi connectivity index (χ1v) is 6.71. The first-order chi connectivity index (χ1) is 8.64. The molecule has 1 aliphatic rings. The van der Waals surface area contributed by atoms with E-state index in [1.54, 1.807) is 4.68 Å². The highest BCUT2D eigenvalue weighted by Gasteiger charge is 2.50. The van der Waals surface area contributed by atoms with Crippen LogP contribution in [0.3, 0.4) is 0 Å². The topological polar surface area (TPSA) is 57.0 Å². The van der Waals surface area contributed by atoms with Crippen molar-refractivity contribution in [3.05, 3.63) is 11.6 Å². The van der Waals surface area contributed by atoms with Gasteiger partial charge in [0, 0.05) is 13.5 Å². The fourth-order valence-electron chi connectivity index (χ4n) is 2.50. The summed E-state index contributed by atoms with van der Waals surface area (Å²) in [4.78, 5) is 16.7. The standard InChI is InChI=1S/C13H21N3O2/c1-4-7-10-14-11(16(3)15-10)13(8-6-9-13)12(17)18-5-2/h4-9H2,1-3H3. The van der Waals surface area contributed by atoms with Gasteiger partial charge in [-0.2, -0.15) is 5.10 Å². The number of hydrogen-bond donors (Lipinski definition) is 0. The number of aromatic nitrogens is 3. The first-order valence-electron chi connectivity index (χ1n) is 6.71. The van der Waals surface area contributed by atoms with Gasteiger partial charge >= 0.3 is 5.97 Å². The number of ether oxygens (including phenoxy) is 1. The van der Waals surface area contributed by atoms with Gasteiger partial charge in [0.25, 0.3) is 0 Å². The lowest BCUT2D eigenvalue weighted by molar-refractivity contribution is -0.154. The van der Waals surface area contributed by atoms with Crippen molar-refractivity contribution < 1.29 is 9.53 Å². The van der Waals surface area contributed by atoms with Gasteiger partial charge in [-0.25, -0.2) is 4.98 Å². The maximum atomic E-state index is 12.2. The molecule has 5 heteroatoms. The molecule has 0 aromatic carbocycles. The minimum Gasteiger partial charge on any atom is -0.465 e. The predicted octanol–water partition coefficient (Wildman–Crippen LogP) is 1.75. The summed E-state index contributed by atoms with van der Waals surface area (Å²) in [6.07, 6.45) is 4.56. The number of hydrogen-bond acceptors (Lipinski definition) is 4. The van der Waals surface area contributed by atoms with Gasteiger partial charge < -0.3 is 4.74 Å². The van der Waals surface area contributed by atoms with Gasteiger partial charge in [0.15, 0.2) is 5.82 Å². The van der Waals surface area contributed by atoms with E-state index in [2.05, 4.69) is 17.0 Å². The third-order valence-electron chi connectivity index (χ3n) is 3.58. The lowest BCUT2D eigenvalue weighted by atomic mass is 9.68. The lowest BCUT2D eigenvalue weighted by Gasteiger charge is -2.37. The number of carbonyl (C=O) groups is 1. The predicted molar refractivity (Wildman–Crippen MR) is 67.2 cm³/mol. The Morgan fingerprint density at radius 1 is 1.44 bits per heavy atom. The molecule has 100 valence electrons. The van der Waals surface area contributed by atoms with E-state index >= 15 is 0 Å². The van der Waals surface area contributed by atoms with Gasteiger partial charge in [-0.05, 0) is 26.2 Å². The van der Waals surface area contributed by atoms with Crippen LogP contribution in [-0.4, -0.2) is 27.3 Å². The summed E-state index contributed by atoms with van der Waals surface area (Å²) in [5.41, 5.74) is -0.538. The minimum absolute atomic E-state index is 0.144. The highest BCUT2D eigenvalue weighted by Crippen LogP contribution is 2.43. The molecule has 1 aromatic rings. The average molecular weight is 251 g/mol. The van der Waals surface area contributed by atoms with Crippen LogP contribution in [0.1, 0.15) is 51.2 Å². The minimum atomic E-state index is -0.538. The Kier molecular flexibility index (Phi) is 3.68. The fourth-order valence-corrected chi connectivity index (χ4v) is 2.50. The summed E-state index contributed by atoms with van der Waals surface area (Å²) in [6, 6.07) is 0. The van der Waals surface area contributed by atoms with E-state index in [0.717, 1.165) is 43.8 Å². The van der Waals surface area contributed by atoms with Crippen LogP contribution in [0.5, 0.6) is 0 Å². The van der Waals surface area contributed by atoms with E-state index in [0.29, 0.717) is 6.61 Å². The third kappa shape index (κ3) is 2.02. The molecule has 1 aromatic heterocycles. The monoisotopic (exact) mass is 251 g/mol. The molecular formula is C13H21N3O2. The zero-order valence-electron chi connectivity index (χ0n) is 11.4. The number of rotatable bonds is 5. The Hall–Kier alpha value is -1.39. The normalized spacial score (nSPS) is 17.3. The maximum absolute atomic E-state index is 12.2. The number of aryl methyl sites for hydroxylation is 2. The zero-order chi connectivity index (χ0) is 13.2. The maximum Gasteiger partial charge on any atom is 0.319 e. The second kappa shape index (κ2) is 5.08. The lowest BCUT2D eigenvalue weighted by Crippen LogP contribution is -2.45. The SMILES string of the molecule is CCCc1nc(C2(C(=O)OCC)CCC2)n(C)n1. The number of carbonyl (C=O) groups excluding carboxylic acids is 1. The average Bonchev–Trinajstić information content (AvgIpc) is 2.60. The largest absolute Gasteiger partial charge is 0.465 e. The Morgan fingerprint density at radius 3 is 2.67 bits per heavy atom. The molecule has 1 saturated carbocycles. The van der Waals surface area contributed by atoms with Crippen LogP contribution < -0.4 is 0 Å². The van der Waals surface area contributed by atoms with Crippen molar-refractivity contribution in [3.63, 3.8) is 0 Å².